The van der Waals surface area contributed by atoms with Crippen molar-refractivity contribution in [1.29, 1.82) is 0 Å². The van der Waals surface area contributed by atoms with Gasteiger partial charge in [0.25, 0.3) is 0 Å². The van der Waals surface area contributed by atoms with Gasteiger partial charge in [-0.05, 0) is 61.9 Å². The molecule has 100 valence electrons. The molecule has 1 aromatic carbocycles. The Bertz CT molecular complexity index is 391. The van der Waals surface area contributed by atoms with Gasteiger partial charge in [0.1, 0.15) is 0 Å². The van der Waals surface area contributed by atoms with Crippen molar-refractivity contribution in [3.05, 3.63) is 41.0 Å². The van der Waals surface area contributed by atoms with E-state index in [2.05, 4.69) is 56.4 Å². The fraction of sp³-hybridized carbons (Fsp3) is 0.500. The first-order valence-corrected chi connectivity index (χ1v) is 6.63. The third-order valence-electron chi connectivity index (χ3n) is 3.90. The summed E-state index contributed by atoms with van der Waals surface area (Å²) in [4.78, 5) is 0. The average Bonchev–Trinajstić information content (AvgIpc) is 2.30. The minimum atomic E-state index is 0. The second-order valence-corrected chi connectivity index (χ2v) is 5.30. The molecule has 2 atom stereocenters. The molecule has 0 saturated carbocycles. The van der Waals surface area contributed by atoms with Gasteiger partial charge in [-0.3, -0.25) is 0 Å². The molecule has 2 heteroatoms. The van der Waals surface area contributed by atoms with Crippen LogP contribution in [0.4, 0.5) is 0 Å². The van der Waals surface area contributed by atoms with Crippen LogP contribution in [0.1, 0.15) is 30.0 Å². The summed E-state index contributed by atoms with van der Waals surface area (Å²) in [5.41, 5.74) is 4.16. The van der Waals surface area contributed by atoms with Crippen LogP contribution in [0.5, 0.6) is 0 Å². The van der Waals surface area contributed by atoms with E-state index in [0.717, 1.165) is 24.9 Å². The highest BCUT2D eigenvalue weighted by molar-refractivity contribution is 5.85. The molecule has 1 aliphatic rings. The molecule has 0 spiro atoms. The molecule has 1 saturated heterocycles. The summed E-state index contributed by atoms with van der Waals surface area (Å²) < 4.78 is 0. The van der Waals surface area contributed by atoms with Crippen LogP contribution in [-0.4, -0.2) is 13.1 Å². The molecule has 1 heterocycles. The van der Waals surface area contributed by atoms with Crippen LogP contribution < -0.4 is 5.32 Å². The molecule has 1 fully saturated rings. The molecule has 2 rings (SSSR count). The Labute approximate surface area is 117 Å². The Morgan fingerprint density at radius 1 is 1.22 bits per heavy atom. The maximum atomic E-state index is 3.45. The molecule has 0 radical (unpaired) electrons. The van der Waals surface area contributed by atoms with Gasteiger partial charge in [0.05, 0.1) is 0 Å². The lowest BCUT2D eigenvalue weighted by Gasteiger charge is -2.27. The molecule has 1 N–H and O–H groups in total. The monoisotopic (exact) mass is 265 g/mol. The van der Waals surface area contributed by atoms with Crippen LogP contribution in [0.2, 0.25) is 0 Å². The van der Waals surface area contributed by atoms with Gasteiger partial charge in [-0.25, -0.2) is 0 Å². The Balaban J connectivity index is 0.00000162. The predicted octanol–water partition coefficient (Wildman–Crippen LogP) is 3.98. The Hall–Kier alpha value is -0.790. The Morgan fingerprint density at radius 3 is 2.50 bits per heavy atom. The summed E-state index contributed by atoms with van der Waals surface area (Å²) in [6.07, 6.45) is 6.01. The van der Waals surface area contributed by atoms with Crippen LogP contribution in [0, 0.1) is 25.7 Å². The van der Waals surface area contributed by atoms with Crippen molar-refractivity contribution in [1.82, 2.24) is 5.32 Å². The average molecular weight is 266 g/mol. The Kier molecular flexibility index (Phi) is 5.90. The topological polar surface area (TPSA) is 12.0 Å². The maximum absolute atomic E-state index is 3.45. The van der Waals surface area contributed by atoms with Crippen LogP contribution in [0.3, 0.4) is 0 Å². The zero-order valence-electron chi connectivity index (χ0n) is 11.6. The van der Waals surface area contributed by atoms with Crippen molar-refractivity contribution in [3.63, 3.8) is 0 Å². The lowest BCUT2D eigenvalue weighted by Crippen LogP contribution is -2.34. The number of benzene rings is 1. The minimum Gasteiger partial charge on any atom is -0.316 e. The molecule has 2 unspecified atom stereocenters. The summed E-state index contributed by atoms with van der Waals surface area (Å²) in [7, 11) is 0. The van der Waals surface area contributed by atoms with Crippen molar-refractivity contribution in [2.45, 2.75) is 27.2 Å². The van der Waals surface area contributed by atoms with Crippen molar-refractivity contribution < 1.29 is 0 Å². The quantitative estimate of drug-likeness (QED) is 0.853. The fourth-order valence-corrected chi connectivity index (χ4v) is 2.63. The van der Waals surface area contributed by atoms with Gasteiger partial charge in [0, 0.05) is 0 Å². The van der Waals surface area contributed by atoms with Gasteiger partial charge < -0.3 is 5.32 Å². The van der Waals surface area contributed by atoms with E-state index < -0.39 is 0 Å². The van der Waals surface area contributed by atoms with Gasteiger partial charge in [-0.15, -0.1) is 12.4 Å². The zero-order chi connectivity index (χ0) is 12.3. The number of halogens is 1. The molecular formula is C16H24ClN. The smallest absolute Gasteiger partial charge is 0.00175 e. The maximum Gasteiger partial charge on any atom is -0.00175 e. The van der Waals surface area contributed by atoms with Crippen LogP contribution >= 0.6 is 12.4 Å². The first-order chi connectivity index (χ1) is 8.18. The second-order valence-electron chi connectivity index (χ2n) is 5.30. The van der Waals surface area contributed by atoms with E-state index in [1.54, 1.807) is 0 Å². The molecule has 1 aliphatic heterocycles. The molecule has 0 aromatic heterocycles. The van der Waals surface area contributed by atoms with E-state index >= 15 is 0 Å². The van der Waals surface area contributed by atoms with Crippen molar-refractivity contribution in [2.24, 2.45) is 11.8 Å². The molecule has 0 amide bonds. The minimum absolute atomic E-state index is 0. The zero-order valence-corrected chi connectivity index (χ0v) is 12.4. The van der Waals surface area contributed by atoms with Gasteiger partial charge in [0.2, 0.25) is 0 Å². The lowest BCUT2D eigenvalue weighted by atomic mass is 9.87. The normalized spacial score (nSPS) is 23.9. The van der Waals surface area contributed by atoms with Gasteiger partial charge in [0.15, 0.2) is 0 Å². The SMILES string of the molecule is Cc1cccc(C)c1/C=C/C1CCNCC1C.Cl. The van der Waals surface area contributed by atoms with E-state index in [9.17, 15) is 0 Å². The lowest BCUT2D eigenvalue weighted by molar-refractivity contribution is 0.326. The van der Waals surface area contributed by atoms with Crippen LogP contribution in [0.15, 0.2) is 24.3 Å². The van der Waals surface area contributed by atoms with E-state index in [1.807, 2.05) is 0 Å². The van der Waals surface area contributed by atoms with E-state index in [1.165, 1.54) is 23.1 Å². The highest BCUT2D eigenvalue weighted by Gasteiger charge is 2.18. The first kappa shape index (κ1) is 15.3. The number of hydrogen-bond donors (Lipinski definition) is 1. The van der Waals surface area contributed by atoms with Gasteiger partial charge in [-0.1, -0.05) is 37.3 Å². The van der Waals surface area contributed by atoms with Crippen LogP contribution in [-0.2, 0) is 0 Å². The largest absolute Gasteiger partial charge is 0.316 e. The highest BCUT2D eigenvalue weighted by atomic mass is 35.5. The first-order valence-electron chi connectivity index (χ1n) is 6.63. The summed E-state index contributed by atoms with van der Waals surface area (Å²) in [5, 5.41) is 3.45. The van der Waals surface area contributed by atoms with E-state index in [4.69, 9.17) is 0 Å². The third-order valence-corrected chi connectivity index (χ3v) is 3.90. The summed E-state index contributed by atoms with van der Waals surface area (Å²) in [6, 6.07) is 6.52. The Morgan fingerprint density at radius 2 is 1.89 bits per heavy atom. The molecule has 0 bridgehead atoms. The number of nitrogens with one attached hydrogen (secondary N) is 1. The van der Waals surface area contributed by atoms with Crippen molar-refractivity contribution >= 4 is 18.5 Å². The van der Waals surface area contributed by atoms with Crippen molar-refractivity contribution in [3.8, 4) is 0 Å². The molecule has 0 aliphatic carbocycles. The second kappa shape index (κ2) is 6.96. The molecular weight excluding hydrogens is 242 g/mol. The highest BCUT2D eigenvalue weighted by Crippen LogP contribution is 2.23. The summed E-state index contributed by atoms with van der Waals surface area (Å²) in [6.45, 7) is 9.04. The van der Waals surface area contributed by atoms with E-state index in [-0.39, 0.29) is 12.4 Å². The molecule has 18 heavy (non-hydrogen) atoms. The van der Waals surface area contributed by atoms with Crippen molar-refractivity contribution in [2.75, 3.05) is 13.1 Å². The standard InChI is InChI=1S/C16H23N.ClH/c1-12-5-4-6-13(2)16(12)8-7-15-9-10-17-11-14(15)3;/h4-8,14-15,17H,9-11H2,1-3H3;1H/b8-7+;. The van der Waals surface area contributed by atoms with Gasteiger partial charge in [-0.2, -0.15) is 0 Å². The van der Waals surface area contributed by atoms with Crippen LogP contribution in [0.25, 0.3) is 6.08 Å². The third kappa shape index (κ3) is 3.60. The fourth-order valence-electron chi connectivity index (χ4n) is 2.63. The summed E-state index contributed by atoms with van der Waals surface area (Å²) in [5.74, 6) is 1.49. The number of allylic oxidation sites excluding steroid dienone is 1. The number of piperidine rings is 1. The number of hydrogen-bond acceptors (Lipinski definition) is 1. The van der Waals surface area contributed by atoms with Gasteiger partial charge >= 0.3 is 0 Å². The summed E-state index contributed by atoms with van der Waals surface area (Å²) >= 11 is 0. The molecule has 1 nitrogen and oxygen atoms in total. The number of aryl methyl sites for hydroxylation is 2. The number of rotatable bonds is 2. The predicted molar refractivity (Wildman–Crippen MR) is 82.3 cm³/mol. The molecule has 1 aromatic rings. The van der Waals surface area contributed by atoms with E-state index in [0.29, 0.717) is 0 Å².